The van der Waals surface area contributed by atoms with Crippen molar-refractivity contribution >= 4 is 29.2 Å². The van der Waals surface area contributed by atoms with Crippen LogP contribution in [0.1, 0.15) is 49.9 Å². The lowest BCUT2D eigenvalue weighted by molar-refractivity contribution is -0.140. The number of carbonyl (C=O) groups excluding carboxylic acids is 3. The maximum Gasteiger partial charge on any atom is 0.271 e. The van der Waals surface area contributed by atoms with Crippen LogP contribution in [0.3, 0.4) is 0 Å². The highest BCUT2D eigenvalue weighted by Crippen LogP contribution is 2.27. The molecule has 0 saturated carbocycles. The van der Waals surface area contributed by atoms with Crippen molar-refractivity contribution in [1.29, 1.82) is 5.41 Å². The lowest BCUT2D eigenvalue weighted by Crippen LogP contribution is -2.51. The van der Waals surface area contributed by atoms with Crippen LogP contribution >= 0.6 is 0 Å². The van der Waals surface area contributed by atoms with Gasteiger partial charge in [-0.25, -0.2) is 9.29 Å². The van der Waals surface area contributed by atoms with Gasteiger partial charge in [-0.1, -0.05) is 42.0 Å². The molecule has 0 fully saturated rings. The molecule has 3 amide bonds. The number of nitrogens with zero attached hydrogens (tertiary/aromatic N) is 1. The number of nitrogens with two attached hydrogens (primary N) is 1. The molecule has 10 heteroatoms. The Morgan fingerprint density at radius 1 is 1.03 bits per heavy atom. The van der Waals surface area contributed by atoms with Crippen LogP contribution in [-0.2, 0) is 22.6 Å². The smallest absolute Gasteiger partial charge is 0.271 e. The summed E-state index contributed by atoms with van der Waals surface area (Å²) in [4.78, 5) is 40.1. The molecule has 3 aromatic carbocycles. The molecule has 0 aliphatic carbocycles. The van der Waals surface area contributed by atoms with Crippen molar-refractivity contribution in [2.75, 3.05) is 11.9 Å². The second kappa shape index (κ2) is 11.2. The second-order valence-corrected chi connectivity index (χ2v) is 8.79. The Hall–Kier alpha value is -4.57. The third kappa shape index (κ3) is 5.40. The molecule has 0 saturated heterocycles. The second-order valence-electron chi connectivity index (χ2n) is 8.79. The fraction of sp³-hybridized carbons (Fsp3) is 0.214. The topological polar surface area (TPSA) is 138 Å². The monoisotopic (exact) mass is 517 g/mol. The maximum absolute atomic E-state index is 14.1. The van der Waals surface area contributed by atoms with Gasteiger partial charge < -0.3 is 21.1 Å². The number of imide groups is 1. The van der Waals surface area contributed by atoms with Crippen molar-refractivity contribution in [2.24, 2.45) is 5.73 Å². The van der Waals surface area contributed by atoms with E-state index in [4.69, 9.17) is 15.9 Å². The Kier molecular flexibility index (Phi) is 7.82. The molecule has 1 atom stereocenters. The molecule has 0 radical (unpaired) electrons. The van der Waals surface area contributed by atoms with E-state index in [0.29, 0.717) is 22.4 Å². The number of amidine groups is 1. The fourth-order valence-electron chi connectivity index (χ4n) is 4.18. The molecule has 1 unspecified atom stereocenters. The molecule has 9 nitrogen and oxygen atoms in total. The summed E-state index contributed by atoms with van der Waals surface area (Å²) in [5.41, 5.74) is 8.94. The molecular weight excluding hydrogens is 489 g/mol. The van der Waals surface area contributed by atoms with E-state index in [9.17, 15) is 18.8 Å². The van der Waals surface area contributed by atoms with Gasteiger partial charge in [0.25, 0.3) is 17.7 Å². The molecule has 0 spiro atoms. The van der Waals surface area contributed by atoms with Crippen LogP contribution in [0, 0.1) is 18.2 Å². The number of nitrogens with one attached hydrogen (secondary N) is 3. The summed E-state index contributed by atoms with van der Waals surface area (Å²) < 4.78 is 19.7. The first-order valence-corrected chi connectivity index (χ1v) is 12.0. The van der Waals surface area contributed by atoms with E-state index >= 15 is 0 Å². The van der Waals surface area contributed by atoms with Crippen molar-refractivity contribution in [3.8, 4) is 0 Å². The van der Waals surface area contributed by atoms with Crippen molar-refractivity contribution in [1.82, 2.24) is 10.2 Å². The summed E-state index contributed by atoms with van der Waals surface area (Å²) >= 11 is 0. The third-order valence-electron chi connectivity index (χ3n) is 6.16. The first-order chi connectivity index (χ1) is 18.2. The number of halogens is 1. The molecule has 4 rings (SSSR count). The first kappa shape index (κ1) is 26.5. The quantitative estimate of drug-likeness (QED) is 0.185. The number of aryl methyl sites for hydroxylation is 1. The minimum Gasteiger partial charge on any atom is -0.384 e. The number of carbonyl (C=O) groups is 3. The maximum atomic E-state index is 14.1. The van der Waals surface area contributed by atoms with Crippen LogP contribution in [0.2, 0.25) is 0 Å². The van der Waals surface area contributed by atoms with Crippen molar-refractivity contribution < 1.29 is 23.5 Å². The van der Waals surface area contributed by atoms with Crippen LogP contribution in [0.5, 0.6) is 0 Å². The molecule has 38 heavy (non-hydrogen) atoms. The van der Waals surface area contributed by atoms with Crippen LogP contribution in [0.4, 0.5) is 10.1 Å². The summed E-state index contributed by atoms with van der Waals surface area (Å²) in [5, 5.41) is 13.6. The number of hydrogen-bond donors (Lipinski definition) is 4. The van der Waals surface area contributed by atoms with E-state index in [1.807, 2.05) is 6.92 Å². The normalized spacial score (nSPS) is 13.3. The molecule has 0 aromatic heterocycles. The molecule has 1 aliphatic heterocycles. The molecule has 0 bridgehead atoms. The molecule has 1 heterocycles. The van der Waals surface area contributed by atoms with Crippen LogP contribution in [0.25, 0.3) is 0 Å². The highest BCUT2D eigenvalue weighted by atomic mass is 19.1. The summed E-state index contributed by atoms with van der Waals surface area (Å²) in [6.07, 6.45) is -1.46. The number of ether oxygens (including phenoxy) is 1. The number of anilines is 1. The van der Waals surface area contributed by atoms with E-state index in [0.717, 1.165) is 10.5 Å². The predicted molar refractivity (Wildman–Crippen MR) is 140 cm³/mol. The Labute approximate surface area is 219 Å². The standard InChI is InChI=1S/C28H28FN5O4/c1-3-38-28(34-26(36)20-11-8-16(2)12-21(20)27(34)37)25(35)33-15-19-10-9-17(24(30)31)13-23(19)32-14-18-6-4-5-7-22(18)29/h4-13,28,32H,3,14-15H2,1-2H3,(H3,30,31)(H,33,35). The number of fused-ring (bicyclic) bond motifs is 1. The van der Waals surface area contributed by atoms with Gasteiger partial charge in [-0.3, -0.25) is 19.8 Å². The van der Waals surface area contributed by atoms with E-state index < -0.39 is 23.9 Å². The van der Waals surface area contributed by atoms with Gasteiger partial charge in [0, 0.05) is 36.5 Å². The molecule has 1 aliphatic rings. The highest BCUT2D eigenvalue weighted by molar-refractivity contribution is 6.22. The SMILES string of the molecule is CCOC(C(=O)NCc1ccc(C(=N)N)cc1NCc1ccccc1F)N1C(=O)c2ccc(C)cc2C1=O. The number of amides is 3. The predicted octanol–water partition coefficient (Wildman–Crippen LogP) is 3.31. The lowest BCUT2D eigenvalue weighted by Gasteiger charge is -2.25. The molecule has 196 valence electrons. The summed E-state index contributed by atoms with van der Waals surface area (Å²) in [7, 11) is 0. The van der Waals surface area contributed by atoms with Crippen molar-refractivity contribution in [2.45, 2.75) is 33.2 Å². The van der Waals surface area contributed by atoms with Gasteiger partial charge in [0.1, 0.15) is 11.7 Å². The van der Waals surface area contributed by atoms with Crippen LogP contribution in [0.15, 0.2) is 60.7 Å². The molecule has 5 N–H and O–H groups in total. The Morgan fingerprint density at radius 3 is 2.47 bits per heavy atom. The minimum absolute atomic E-state index is 0.00246. The largest absolute Gasteiger partial charge is 0.384 e. The van der Waals surface area contributed by atoms with Gasteiger partial charge in [-0.15, -0.1) is 0 Å². The zero-order valence-electron chi connectivity index (χ0n) is 21.0. The van der Waals surface area contributed by atoms with Crippen molar-refractivity contribution in [3.05, 3.63) is 99.9 Å². The Bertz CT molecular complexity index is 1420. The van der Waals surface area contributed by atoms with E-state index in [1.165, 1.54) is 6.07 Å². The van der Waals surface area contributed by atoms with Gasteiger partial charge in [0.2, 0.25) is 6.23 Å². The highest BCUT2D eigenvalue weighted by Gasteiger charge is 2.43. The Balaban J connectivity index is 1.53. The van der Waals surface area contributed by atoms with E-state index in [2.05, 4.69) is 10.6 Å². The third-order valence-corrected chi connectivity index (χ3v) is 6.16. The summed E-state index contributed by atoms with van der Waals surface area (Å²) in [6, 6.07) is 16.2. The van der Waals surface area contributed by atoms with Gasteiger partial charge in [-0.2, -0.15) is 0 Å². The van der Waals surface area contributed by atoms with Crippen LogP contribution in [-0.4, -0.2) is 41.3 Å². The average molecular weight is 518 g/mol. The number of hydrogen-bond acceptors (Lipinski definition) is 6. The van der Waals surface area contributed by atoms with Gasteiger partial charge >= 0.3 is 0 Å². The number of nitrogen functional groups attached to an aromatic ring is 1. The van der Waals surface area contributed by atoms with E-state index in [-0.39, 0.29) is 42.5 Å². The van der Waals surface area contributed by atoms with Gasteiger partial charge in [-0.05, 0) is 43.7 Å². The molecule has 3 aromatic rings. The van der Waals surface area contributed by atoms with Crippen molar-refractivity contribution in [3.63, 3.8) is 0 Å². The number of benzene rings is 3. The number of rotatable bonds is 10. The first-order valence-electron chi connectivity index (χ1n) is 12.0. The zero-order valence-corrected chi connectivity index (χ0v) is 21.0. The molecular formula is C28H28FN5O4. The Morgan fingerprint density at radius 2 is 1.76 bits per heavy atom. The summed E-state index contributed by atoms with van der Waals surface area (Å²) in [5.74, 6) is -2.38. The van der Waals surface area contributed by atoms with E-state index in [1.54, 1.807) is 61.5 Å². The van der Waals surface area contributed by atoms with Gasteiger partial charge in [0.15, 0.2) is 0 Å². The van der Waals surface area contributed by atoms with Gasteiger partial charge in [0.05, 0.1) is 11.1 Å². The minimum atomic E-state index is -1.46. The fourth-order valence-corrected chi connectivity index (χ4v) is 4.18. The zero-order chi connectivity index (χ0) is 27.4. The summed E-state index contributed by atoms with van der Waals surface area (Å²) in [6.45, 7) is 3.72. The average Bonchev–Trinajstić information content (AvgIpc) is 3.14. The van der Waals surface area contributed by atoms with Crippen LogP contribution < -0.4 is 16.4 Å². The lowest BCUT2D eigenvalue weighted by atomic mass is 10.1.